The van der Waals surface area contributed by atoms with Crippen molar-refractivity contribution in [3.8, 4) is 0 Å². The molecule has 2 N–H and O–H groups in total. The molecule has 0 saturated carbocycles. The molecule has 1 aromatic heterocycles. The largest absolute Gasteiger partial charge is 0.355 e. The van der Waals surface area contributed by atoms with Gasteiger partial charge in [0.2, 0.25) is 0 Å². The lowest BCUT2D eigenvalue weighted by molar-refractivity contribution is 0.362. The quantitative estimate of drug-likeness (QED) is 0.795. The Morgan fingerprint density at radius 2 is 2.00 bits per heavy atom. The fourth-order valence-corrected chi connectivity index (χ4v) is 2.01. The van der Waals surface area contributed by atoms with Crippen LogP contribution in [0.15, 0.2) is 12.1 Å². The van der Waals surface area contributed by atoms with Crippen LogP contribution in [0.5, 0.6) is 0 Å². The van der Waals surface area contributed by atoms with E-state index < -0.39 is 0 Å². The van der Waals surface area contributed by atoms with Crippen LogP contribution in [0.1, 0.15) is 19.8 Å². The van der Waals surface area contributed by atoms with Gasteiger partial charge in [-0.05, 0) is 54.5 Å². The molecule has 0 aliphatic carbocycles. The van der Waals surface area contributed by atoms with Gasteiger partial charge in [0.25, 0.3) is 0 Å². The molecule has 15 heavy (non-hydrogen) atoms. The summed E-state index contributed by atoms with van der Waals surface area (Å²) in [4.78, 5) is 2.25. The maximum absolute atomic E-state index is 6.08. The monoisotopic (exact) mass is 318 g/mol. The van der Waals surface area contributed by atoms with Gasteiger partial charge in [0, 0.05) is 18.6 Å². The topological polar surface area (TPSA) is 55.0 Å². The Balaban J connectivity index is 2.04. The smallest absolute Gasteiger partial charge is 0.151 e. The lowest BCUT2D eigenvalue weighted by Gasteiger charge is -2.37. The van der Waals surface area contributed by atoms with E-state index in [1.807, 2.05) is 12.1 Å². The van der Waals surface area contributed by atoms with Gasteiger partial charge in [-0.15, -0.1) is 10.2 Å². The molecule has 0 atom stereocenters. The molecule has 5 heteroatoms. The van der Waals surface area contributed by atoms with Crippen molar-refractivity contribution in [3.63, 3.8) is 0 Å². The highest BCUT2D eigenvalue weighted by Crippen LogP contribution is 2.22. The summed E-state index contributed by atoms with van der Waals surface area (Å²) in [6.07, 6.45) is 2.03. The number of nitrogens with two attached hydrogens (primary N) is 1. The van der Waals surface area contributed by atoms with Gasteiger partial charge in [-0.25, -0.2) is 0 Å². The van der Waals surface area contributed by atoms with Crippen LogP contribution < -0.4 is 10.6 Å². The number of nitrogens with zero attached hydrogens (tertiary/aromatic N) is 3. The van der Waals surface area contributed by atoms with Crippen LogP contribution >= 0.6 is 22.6 Å². The number of hydrogen-bond donors (Lipinski definition) is 1. The molecule has 1 fully saturated rings. The molecule has 4 nitrogen and oxygen atoms in total. The molecule has 1 saturated heterocycles. The first-order valence-electron chi connectivity index (χ1n) is 5.10. The first kappa shape index (κ1) is 11.1. The van der Waals surface area contributed by atoms with E-state index in [0.717, 1.165) is 35.4 Å². The normalized spacial score (nSPS) is 20.3. The third kappa shape index (κ3) is 2.78. The Hall–Kier alpha value is -0.430. The zero-order valence-corrected chi connectivity index (χ0v) is 10.9. The van der Waals surface area contributed by atoms with Crippen molar-refractivity contribution >= 4 is 28.4 Å². The van der Waals surface area contributed by atoms with Crippen LogP contribution in [0.25, 0.3) is 0 Å². The number of halogens is 1. The second-order valence-electron chi connectivity index (χ2n) is 4.36. The van der Waals surface area contributed by atoms with E-state index in [2.05, 4.69) is 44.6 Å². The van der Waals surface area contributed by atoms with Gasteiger partial charge in [0.15, 0.2) is 5.82 Å². The fraction of sp³-hybridized carbons (Fsp3) is 0.600. The summed E-state index contributed by atoms with van der Waals surface area (Å²) in [5.74, 6) is 0.964. The first-order valence-corrected chi connectivity index (χ1v) is 6.18. The minimum absolute atomic E-state index is 0.00681. The molecule has 0 radical (unpaired) electrons. The van der Waals surface area contributed by atoms with Crippen LogP contribution in [0.3, 0.4) is 0 Å². The third-order valence-corrected chi connectivity index (χ3v) is 3.42. The predicted molar refractivity (Wildman–Crippen MR) is 68.8 cm³/mol. The lowest BCUT2D eigenvalue weighted by atomic mass is 9.91. The van der Waals surface area contributed by atoms with Gasteiger partial charge < -0.3 is 10.6 Å². The van der Waals surface area contributed by atoms with Crippen molar-refractivity contribution in [2.24, 2.45) is 5.73 Å². The molecule has 82 valence electrons. The summed E-state index contributed by atoms with van der Waals surface area (Å²) >= 11 is 2.16. The minimum atomic E-state index is -0.00681. The van der Waals surface area contributed by atoms with Crippen molar-refractivity contribution in [1.82, 2.24) is 10.2 Å². The number of anilines is 1. The predicted octanol–water partition coefficient (Wildman–Crippen LogP) is 1.40. The Morgan fingerprint density at radius 1 is 1.33 bits per heavy atom. The van der Waals surface area contributed by atoms with Gasteiger partial charge >= 0.3 is 0 Å². The lowest BCUT2D eigenvalue weighted by Crippen LogP contribution is -2.48. The molecule has 2 heterocycles. The Kier molecular flexibility index (Phi) is 3.11. The van der Waals surface area contributed by atoms with E-state index >= 15 is 0 Å². The zero-order valence-electron chi connectivity index (χ0n) is 8.78. The number of aromatic nitrogens is 2. The summed E-state index contributed by atoms with van der Waals surface area (Å²) in [5, 5.41) is 8.23. The molecule has 0 bridgehead atoms. The third-order valence-electron chi connectivity index (χ3n) is 2.85. The summed E-state index contributed by atoms with van der Waals surface area (Å²) in [5.41, 5.74) is 6.07. The molecule has 0 spiro atoms. The van der Waals surface area contributed by atoms with Crippen molar-refractivity contribution < 1.29 is 0 Å². The van der Waals surface area contributed by atoms with E-state index in [4.69, 9.17) is 5.73 Å². The number of piperidine rings is 1. The fourth-order valence-electron chi connectivity index (χ4n) is 1.72. The highest BCUT2D eigenvalue weighted by Gasteiger charge is 2.26. The highest BCUT2D eigenvalue weighted by molar-refractivity contribution is 14.1. The van der Waals surface area contributed by atoms with Crippen LogP contribution in [-0.2, 0) is 0 Å². The molecule has 2 rings (SSSR count). The average molecular weight is 318 g/mol. The minimum Gasteiger partial charge on any atom is -0.355 e. The summed E-state index contributed by atoms with van der Waals surface area (Å²) in [7, 11) is 0. The van der Waals surface area contributed by atoms with Crippen LogP contribution in [-0.4, -0.2) is 28.8 Å². The number of rotatable bonds is 1. The molecular formula is C10H15IN4. The van der Waals surface area contributed by atoms with Gasteiger partial charge in [0.05, 0.1) is 0 Å². The van der Waals surface area contributed by atoms with Crippen LogP contribution in [0, 0.1) is 3.70 Å². The van der Waals surface area contributed by atoms with Gasteiger partial charge in [-0.1, -0.05) is 0 Å². The molecule has 1 aliphatic rings. The van der Waals surface area contributed by atoms with E-state index in [0.29, 0.717) is 0 Å². The van der Waals surface area contributed by atoms with Crippen molar-refractivity contribution in [1.29, 1.82) is 0 Å². The van der Waals surface area contributed by atoms with Gasteiger partial charge in [0.1, 0.15) is 3.70 Å². The van der Waals surface area contributed by atoms with Crippen molar-refractivity contribution in [3.05, 3.63) is 15.8 Å². The average Bonchev–Trinajstić information content (AvgIpc) is 2.20. The maximum atomic E-state index is 6.08. The second-order valence-corrected chi connectivity index (χ2v) is 5.46. The molecule has 1 aromatic rings. The highest BCUT2D eigenvalue weighted by atomic mass is 127. The SMILES string of the molecule is CC1(N)CCN(c2ccc(I)nn2)CC1. The Morgan fingerprint density at radius 3 is 2.53 bits per heavy atom. The van der Waals surface area contributed by atoms with Gasteiger partial charge in [-0.2, -0.15) is 0 Å². The molecular weight excluding hydrogens is 303 g/mol. The summed E-state index contributed by atoms with van der Waals surface area (Å²) in [6, 6.07) is 4.01. The van der Waals surface area contributed by atoms with E-state index in [-0.39, 0.29) is 5.54 Å². The molecule has 0 amide bonds. The maximum Gasteiger partial charge on any atom is 0.151 e. The van der Waals surface area contributed by atoms with E-state index in [1.165, 1.54) is 0 Å². The Labute approximate surface area is 103 Å². The van der Waals surface area contributed by atoms with Crippen LogP contribution in [0.4, 0.5) is 5.82 Å². The molecule has 0 aromatic carbocycles. The standard InChI is InChI=1S/C10H15IN4/c1-10(12)4-6-15(7-5-10)9-3-2-8(11)13-14-9/h2-3H,4-7,12H2,1H3. The Bertz CT molecular complexity index is 326. The zero-order chi connectivity index (χ0) is 10.9. The second kappa shape index (κ2) is 4.21. The van der Waals surface area contributed by atoms with Crippen molar-refractivity contribution in [2.45, 2.75) is 25.3 Å². The first-order chi connectivity index (χ1) is 7.07. The van der Waals surface area contributed by atoms with Gasteiger partial charge in [-0.3, -0.25) is 0 Å². The molecule has 1 aliphatic heterocycles. The van der Waals surface area contributed by atoms with E-state index in [1.54, 1.807) is 0 Å². The van der Waals surface area contributed by atoms with Crippen LogP contribution in [0.2, 0.25) is 0 Å². The van der Waals surface area contributed by atoms with E-state index in [9.17, 15) is 0 Å². The summed E-state index contributed by atoms with van der Waals surface area (Å²) < 4.78 is 0.928. The molecule has 0 unspecified atom stereocenters. The summed E-state index contributed by atoms with van der Waals surface area (Å²) in [6.45, 7) is 4.06. The van der Waals surface area contributed by atoms with Crippen molar-refractivity contribution in [2.75, 3.05) is 18.0 Å². The number of hydrogen-bond acceptors (Lipinski definition) is 4.